The summed E-state index contributed by atoms with van der Waals surface area (Å²) in [7, 11) is 0. The van der Waals surface area contributed by atoms with Crippen molar-refractivity contribution >= 4 is 75.3 Å². The van der Waals surface area contributed by atoms with Crippen molar-refractivity contribution in [3.05, 3.63) is 145 Å². The van der Waals surface area contributed by atoms with Crippen molar-refractivity contribution in [2.45, 2.75) is 0 Å². The van der Waals surface area contributed by atoms with Crippen molar-refractivity contribution in [1.29, 1.82) is 5.26 Å². The SMILES string of the molecule is N#Cc1ccc2c(c1)c1ccccc1n2-c1nc(-c2ccccc2-n2c3ccccc3c3ccccc32)c2sc3ccccc3c2n1. The third-order valence-electron chi connectivity index (χ3n) is 9.19. The molecule has 0 aliphatic rings. The lowest BCUT2D eigenvalue weighted by Crippen LogP contribution is -2.04. The minimum atomic E-state index is 0.601. The zero-order chi connectivity index (χ0) is 31.1. The van der Waals surface area contributed by atoms with Gasteiger partial charge in [-0.2, -0.15) is 5.26 Å². The summed E-state index contributed by atoms with van der Waals surface area (Å²) < 4.78 is 6.73. The van der Waals surface area contributed by atoms with Crippen LogP contribution in [0.1, 0.15) is 5.56 Å². The predicted molar refractivity (Wildman–Crippen MR) is 194 cm³/mol. The monoisotopic (exact) mass is 617 g/mol. The van der Waals surface area contributed by atoms with Crippen LogP contribution in [0.3, 0.4) is 0 Å². The second kappa shape index (κ2) is 9.85. The molecule has 0 saturated heterocycles. The molecule has 0 N–H and O–H groups in total. The predicted octanol–water partition coefficient (Wildman–Crippen LogP) is 10.6. The lowest BCUT2D eigenvalue weighted by molar-refractivity contribution is 1.02. The van der Waals surface area contributed by atoms with Gasteiger partial charge in [-0.1, -0.05) is 91.0 Å². The van der Waals surface area contributed by atoms with Gasteiger partial charge in [-0.05, 0) is 48.5 Å². The van der Waals surface area contributed by atoms with Crippen LogP contribution in [0.25, 0.3) is 86.8 Å². The lowest BCUT2D eigenvalue weighted by atomic mass is 10.1. The van der Waals surface area contributed by atoms with Crippen LogP contribution in [0.2, 0.25) is 0 Å². The van der Waals surface area contributed by atoms with E-state index in [9.17, 15) is 5.26 Å². The van der Waals surface area contributed by atoms with E-state index in [2.05, 4.69) is 124 Å². The number of benzene rings is 6. The van der Waals surface area contributed by atoms with Crippen molar-refractivity contribution in [1.82, 2.24) is 19.1 Å². The summed E-state index contributed by atoms with van der Waals surface area (Å²) in [5.41, 5.74) is 8.81. The first-order chi connectivity index (χ1) is 23.3. The Balaban J connectivity index is 1.34. The Morgan fingerprint density at radius 3 is 1.83 bits per heavy atom. The molecule has 0 aliphatic heterocycles. The van der Waals surface area contributed by atoms with Gasteiger partial charge in [0, 0.05) is 37.2 Å². The number of thiophene rings is 1. The average molecular weight is 618 g/mol. The summed E-state index contributed by atoms with van der Waals surface area (Å²) >= 11 is 1.73. The van der Waals surface area contributed by atoms with E-state index in [-0.39, 0.29) is 0 Å². The third-order valence-corrected chi connectivity index (χ3v) is 10.4. The van der Waals surface area contributed by atoms with Crippen molar-refractivity contribution in [2.24, 2.45) is 0 Å². The van der Waals surface area contributed by atoms with E-state index in [4.69, 9.17) is 9.97 Å². The van der Waals surface area contributed by atoms with Gasteiger partial charge in [0.2, 0.25) is 5.95 Å². The maximum absolute atomic E-state index is 9.70. The molecule has 0 fully saturated rings. The minimum absolute atomic E-state index is 0.601. The largest absolute Gasteiger partial charge is 0.309 e. The summed E-state index contributed by atoms with van der Waals surface area (Å²) in [5, 5.41) is 15.3. The van der Waals surface area contributed by atoms with Gasteiger partial charge in [0.05, 0.1) is 55.3 Å². The average Bonchev–Trinajstić information content (AvgIpc) is 3.79. The van der Waals surface area contributed by atoms with Gasteiger partial charge in [-0.3, -0.25) is 4.57 Å². The van der Waals surface area contributed by atoms with Gasteiger partial charge < -0.3 is 4.57 Å². The van der Waals surface area contributed by atoms with Crippen LogP contribution >= 0.6 is 11.3 Å². The highest BCUT2D eigenvalue weighted by molar-refractivity contribution is 7.26. The summed E-state index contributed by atoms with van der Waals surface area (Å²) in [4.78, 5) is 10.8. The van der Waals surface area contributed by atoms with Crippen LogP contribution in [0.5, 0.6) is 0 Å². The smallest absolute Gasteiger partial charge is 0.235 e. The first-order valence-corrected chi connectivity index (χ1v) is 16.3. The van der Waals surface area contributed by atoms with E-state index < -0.39 is 0 Å². The second-order valence-corrected chi connectivity index (χ2v) is 12.8. The number of fused-ring (bicyclic) bond motifs is 9. The fraction of sp³-hybridized carbons (Fsp3) is 0. The van der Waals surface area contributed by atoms with Gasteiger partial charge >= 0.3 is 0 Å². The molecule has 0 unspecified atom stereocenters. The summed E-state index contributed by atoms with van der Waals surface area (Å²) in [6, 6.07) is 50.7. The van der Waals surface area contributed by atoms with Crippen LogP contribution in [-0.4, -0.2) is 19.1 Å². The third kappa shape index (κ3) is 3.69. The molecule has 5 nitrogen and oxygen atoms in total. The van der Waals surface area contributed by atoms with Crippen LogP contribution in [0.4, 0.5) is 0 Å². The summed E-state index contributed by atoms with van der Waals surface area (Å²) in [6.07, 6.45) is 0. The van der Waals surface area contributed by atoms with Gasteiger partial charge in [-0.25, -0.2) is 9.97 Å². The van der Waals surface area contributed by atoms with Gasteiger partial charge in [0.25, 0.3) is 0 Å². The van der Waals surface area contributed by atoms with Gasteiger partial charge in [0.1, 0.15) is 0 Å². The van der Waals surface area contributed by atoms with E-state index in [0.29, 0.717) is 11.5 Å². The van der Waals surface area contributed by atoms with Crippen molar-refractivity contribution in [2.75, 3.05) is 0 Å². The molecule has 6 aromatic carbocycles. The molecular formula is C41H23N5S. The van der Waals surface area contributed by atoms with Crippen LogP contribution < -0.4 is 0 Å². The Morgan fingerprint density at radius 2 is 1.11 bits per heavy atom. The number of aromatic nitrogens is 4. The van der Waals surface area contributed by atoms with E-state index in [1.165, 1.54) is 15.5 Å². The van der Waals surface area contributed by atoms with Crippen molar-refractivity contribution in [3.8, 4) is 29.0 Å². The Morgan fingerprint density at radius 1 is 0.532 bits per heavy atom. The van der Waals surface area contributed by atoms with E-state index in [1.54, 1.807) is 11.3 Å². The quantitative estimate of drug-likeness (QED) is 0.198. The molecule has 0 bridgehead atoms. The number of nitriles is 1. The normalized spacial score (nSPS) is 11.8. The first kappa shape index (κ1) is 26.0. The molecule has 0 saturated carbocycles. The number of para-hydroxylation sites is 4. The summed E-state index contributed by atoms with van der Waals surface area (Å²) in [6.45, 7) is 0. The first-order valence-electron chi connectivity index (χ1n) is 15.5. The van der Waals surface area contributed by atoms with E-state index in [0.717, 1.165) is 65.4 Å². The Bertz CT molecular complexity index is 2880. The number of rotatable bonds is 3. The molecule has 4 aromatic heterocycles. The molecule has 6 heteroatoms. The highest BCUT2D eigenvalue weighted by Gasteiger charge is 2.23. The fourth-order valence-corrected chi connectivity index (χ4v) is 8.32. The molecule has 0 radical (unpaired) electrons. The Labute approximate surface area is 272 Å². The van der Waals surface area contributed by atoms with Gasteiger partial charge in [-0.15, -0.1) is 11.3 Å². The molecule has 47 heavy (non-hydrogen) atoms. The maximum atomic E-state index is 9.70. The molecule has 0 spiro atoms. The molecule has 0 atom stereocenters. The summed E-state index contributed by atoms with van der Waals surface area (Å²) in [5.74, 6) is 0.601. The molecule has 0 amide bonds. The topological polar surface area (TPSA) is 59.4 Å². The highest BCUT2D eigenvalue weighted by atomic mass is 32.1. The lowest BCUT2D eigenvalue weighted by Gasteiger charge is -2.15. The minimum Gasteiger partial charge on any atom is -0.309 e. The molecule has 0 aliphatic carbocycles. The molecule has 10 aromatic rings. The zero-order valence-electron chi connectivity index (χ0n) is 24.9. The zero-order valence-corrected chi connectivity index (χ0v) is 25.7. The standard InChI is InChI=1S/C41H23N5S/c42-24-25-21-22-36-31(23-25)28-13-3-8-18-34(28)46(36)41-43-38(40-39(44-41)30-15-5-10-20-37(30)47-40)29-14-4-9-19-35(29)45-32-16-6-1-11-26(32)27-12-2-7-17-33(27)45/h1-23H. The number of hydrogen-bond acceptors (Lipinski definition) is 4. The van der Waals surface area contributed by atoms with E-state index >= 15 is 0 Å². The molecule has 4 heterocycles. The number of hydrogen-bond donors (Lipinski definition) is 0. The van der Waals surface area contributed by atoms with Gasteiger partial charge in [0.15, 0.2) is 0 Å². The van der Waals surface area contributed by atoms with Crippen LogP contribution in [-0.2, 0) is 0 Å². The highest BCUT2D eigenvalue weighted by Crippen LogP contribution is 2.43. The molecule has 218 valence electrons. The Kier molecular flexibility index (Phi) is 5.45. The van der Waals surface area contributed by atoms with Crippen molar-refractivity contribution < 1.29 is 0 Å². The maximum Gasteiger partial charge on any atom is 0.235 e. The second-order valence-electron chi connectivity index (χ2n) is 11.7. The Hall–Kier alpha value is -6.29. The van der Waals surface area contributed by atoms with Crippen LogP contribution in [0, 0.1) is 11.3 Å². The van der Waals surface area contributed by atoms with Crippen LogP contribution in [0.15, 0.2) is 140 Å². The fourth-order valence-electron chi connectivity index (χ4n) is 7.17. The molecule has 10 rings (SSSR count). The van der Waals surface area contributed by atoms with E-state index in [1.807, 2.05) is 30.3 Å². The molecular weight excluding hydrogens is 595 g/mol. The van der Waals surface area contributed by atoms with Crippen molar-refractivity contribution in [3.63, 3.8) is 0 Å². The number of nitrogens with zero attached hydrogens (tertiary/aromatic N) is 5.